The number of aromatic nitrogens is 2. The van der Waals surface area contributed by atoms with Crippen LogP contribution in [0.25, 0.3) is 16.9 Å². The van der Waals surface area contributed by atoms with Crippen LogP contribution in [0.5, 0.6) is 0 Å². The van der Waals surface area contributed by atoms with Crippen LogP contribution >= 0.6 is 11.8 Å². The monoisotopic (exact) mass is 465 g/mol. The summed E-state index contributed by atoms with van der Waals surface area (Å²) in [5.74, 6) is -0.786. The minimum absolute atomic E-state index is 0.267. The molecule has 1 unspecified atom stereocenters. The number of hydrogen-bond donors (Lipinski definition) is 1. The number of carboxylic acids is 1. The third kappa shape index (κ3) is 4.90. The first-order valence-electron chi connectivity index (χ1n) is 10.7. The van der Waals surface area contributed by atoms with E-state index in [2.05, 4.69) is 0 Å². The number of para-hydroxylation sites is 1. The predicted octanol–water partition coefficient (Wildman–Crippen LogP) is 5.28. The molecule has 1 fully saturated rings. The maximum Gasteiger partial charge on any atom is 0.412 e. The number of rotatable bonds is 4. The zero-order valence-corrected chi connectivity index (χ0v) is 19.9. The molecule has 0 aliphatic carbocycles. The molecule has 3 aromatic rings. The van der Waals surface area contributed by atoms with Crippen LogP contribution in [-0.4, -0.2) is 49.2 Å². The maximum atomic E-state index is 13.1. The van der Waals surface area contributed by atoms with E-state index in [4.69, 9.17) is 9.84 Å². The molecule has 2 aromatic carbocycles. The summed E-state index contributed by atoms with van der Waals surface area (Å²) >= 11 is 1.41. The van der Waals surface area contributed by atoms with Crippen LogP contribution < -0.4 is 0 Å². The van der Waals surface area contributed by atoms with Gasteiger partial charge in [0.2, 0.25) is 0 Å². The predicted molar refractivity (Wildman–Crippen MR) is 128 cm³/mol. The molecule has 2 heterocycles. The number of amides is 1. The molecule has 1 aliphatic rings. The number of carbonyl (C=O) groups excluding carboxylic acids is 1. The lowest BCUT2D eigenvalue weighted by molar-refractivity contribution is -0.142. The van der Waals surface area contributed by atoms with E-state index in [9.17, 15) is 14.7 Å². The summed E-state index contributed by atoms with van der Waals surface area (Å²) in [5, 5.41) is 14.1. The van der Waals surface area contributed by atoms with Crippen LogP contribution in [0.3, 0.4) is 0 Å². The van der Waals surface area contributed by atoms with Crippen molar-refractivity contribution in [3.8, 4) is 16.9 Å². The van der Waals surface area contributed by atoms with Gasteiger partial charge in [-0.3, -0.25) is 4.90 Å². The fraction of sp³-hybridized carbons (Fsp3) is 0.320. The van der Waals surface area contributed by atoms with E-state index in [0.717, 1.165) is 22.4 Å². The molecular weight excluding hydrogens is 438 g/mol. The van der Waals surface area contributed by atoms with Crippen molar-refractivity contribution in [1.82, 2.24) is 14.7 Å². The van der Waals surface area contributed by atoms with Gasteiger partial charge in [-0.25, -0.2) is 14.3 Å². The van der Waals surface area contributed by atoms with Crippen LogP contribution in [0.4, 0.5) is 4.79 Å². The Morgan fingerprint density at radius 1 is 1.09 bits per heavy atom. The number of ether oxygens (including phenoxy) is 1. The largest absolute Gasteiger partial charge is 0.480 e. The number of hydrogen-bond acceptors (Lipinski definition) is 5. The van der Waals surface area contributed by atoms with Crippen LogP contribution in [0.15, 0.2) is 60.8 Å². The van der Waals surface area contributed by atoms with E-state index in [1.54, 1.807) is 25.5 Å². The highest BCUT2D eigenvalue weighted by Crippen LogP contribution is 2.45. The van der Waals surface area contributed by atoms with E-state index >= 15 is 0 Å². The highest BCUT2D eigenvalue weighted by atomic mass is 32.2. The molecule has 1 saturated heterocycles. The van der Waals surface area contributed by atoms with Crippen molar-refractivity contribution in [1.29, 1.82) is 0 Å². The Morgan fingerprint density at radius 2 is 1.76 bits per heavy atom. The molecule has 1 aromatic heterocycles. The average molecular weight is 466 g/mol. The van der Waals surface area contributed by atoms with Crippen molar-refractivity contribution >= 4 is 23.8 Å². The number of nitrogens with zero attached hydrogens (tertiary/aromatic N) is 3. The third-order valence-corrected chi connectivity index (χ3v) is 6.55. The van der Waals surface area contributed by atoms with Gasteiger partial charge in [0.05, 0.1) is 11.4 Å². The molecule has 8 heteroatoms. The Labute approximate surface area is 197 Å². The van der Waals surface area contributed by atoms with Gasteiger partial charge in [0, 0.05) is 23.1 Å². The van der Waals surface area contributed by atoms with Crippen molar-refractivity contribution in [2.45, 2.75) is 44.7 Å². The van der Waals surface area contributed by atoms with Crippen molar-refractivity contribution in [2.75, 3.05) is 5.75 Å². The van der Waals surface area contributed by atoms with Crippen LogP contribution in [0.1, 0.15) is 37.3 Å². The Bertz CT molecular complexity index is 1150. The normalized spacial score (nSPS) is 18.4. The molecule has 1 N–H and O–H groups in total. The lowest BCUT2D eigenvalue weighted by Crippen LogP contribution is -2.45. The summed E-state index contributed by atoms with van der Waals surface area (Å²) in [7, 11) is 0. The van der Waals surface area contributed by atoms with E-state index in [-0.39, 0.29) is 5.75 Å². The van der Waals surface area contributed by atoms with E-state index in [0.29, 0.717) is 5.69 Å². The second-order valence-corrected chi connectivity index (χ2v) is 10.1. The number of carbonyl (C=O) groups is 2. The molecule has 2 atom stereocenters. The van der Waals surface area contributed by atoms with Gasteiger partial charge in [0.15, 0.2) is 0 Å². The standard InChI is InChI=1S/C25H27N3O4S/c1-16-10-12-17(13-11-16)21-19(14-27(26-21)18-8-6-5-7-9-18)22-28(20(15-33-22)23(29)30)24(31)32-25(2,3)4/h5-14,20,22H,15H2,1-4H3,(H,29,30)/t20-,22?/m0/s1. The molecule has 4 rings (SSSR count). The number of aliphatic carboxylic acids is 1. The van der Waals surface area contributed by atoms with E-state index in [1.165, 1.54) is 16.7 Å². The van der Waals surface area contributed by atoms with E-state index < -0.39 is 29.1 Å². The molecule has 1 amide bonds. The summed E-state index contributed by atoms with van der Waals surface area (Å²) in [5.41, 5.74) is 3.62. The van der Waals surface area contributed by atoms with Crippen LogP contribution in [-0.2, 0) is 9.53 Å². The molecule has 0 saturated carbocycles. The Kier molecular flexibility index (Phi) is 6.21. The summed E-state index contributed by atoms with van der Waals surface area (Å²) < 4.78 is 7.36. The minimum atomic E-state index is -1.05. The Balaban J connectivity index is 1.83. The fourth-order valence-corrected chi connectivity index (χ4v) is 5.10. The van der Waals surface area contributed by atoms with Gasteiger partial charge < -0.3 is 9.84 Å². The molecule has 33 heavy (non-hydrogen) atoms. The first-order chi connectivity index (χ1) is 15.6. The van der Waals surface area contributed by atoms with Crippen molar-refractivity contribution in [3.05, 3.63) is 71.9 Å². The van der Waals surface area contributed by atoms with Crippen molar-refractivity contribution in [2.24, 2.45) is 0 Å². The number of carboxylic acid groups (broad SMARTS) is 1. The zero-order chi connectivity index (χ0) is 23.8. The van der Waals surface area contributed by atoms with Gasteiger partial charge >= 0.3 is 12.1 Å². The minimum Gasteiger partial charge on any atom is -0.480 e. The lowest BCUT2D eigenvalue weighted by Gasteiger charge is -2.30. The van der Waals surface area contributed by atoms with Gasteiger partial charge in [-0.1, -0.05) is 48.0 Å². The summed E-state index contributed by atoms with van der Waals surface area (Å²) in [6.07, 6.45) is 1.23. The molecule has 1 aliphatic heterocycles. The molecule has 0 radical (unpaired) electrons. The quantitative estimate of drug-likeness (QED) is 0.564. The maximum absolute atomic E-state index is 13.1. The number of benzene rings is 2. The molecule has 172 valence electrons. The van der Waals surface area contributed by atoms with Crippen molar-refractivity contribution in [3.63, 3.8) is 0 Å². The third-order valence-electron chi connectivity index (χ3n) is 5.24. The molecule has 7 nitrogen and oxygen atoms in total. The number of aryl methyl sites for hydroxylation is 1. The summed E-state index contributed by atoms with van der Waals surface area (Å²) in [6.45, 7) is 7.32. The average Bonchev–Trinajstić information content (AvgIpc) is 3.38. The van der Waals surface area contributed by atoms with Gasteiger partial charge in [0.25, 0.3) is 0 Å². The SMILES string of the molecule is Cc1ccc(-c2nn(-c3ccccc3)cc2C2SC[C@@H](C(=O)O)N2C(=O)OC(C)(C)C)cc1. The van der Waals surface area contributed by atoms with Crippen LogP contribution in [0, 0.1) is 6.92 Å². The summed E-state index contributed by atoms with van der Waals surface area (Å²) in [4.78, 5) is 26.5. The van der Waals surface area contributed by atoms with E-state index in [1.807, 2.05) is 67.7 Å². The smallest absolute Gasteiger partial charge is 0.412 e. The van der Waals surface area contributed by atoms with Crippen molar-refractivity contribution < 1.29 is 19.4 Å². The zero-order valence-electron chi connectivity index (χ0n) is 19.1. The highest BCUT2D eigenvalue weighted by molar-refractivity contribution is 7.99. The topological polar surface area (TPSA) is 84.7 Å². The van der Waals surface area contributed by atoms with Gasteiger partial charge in [-0.05, 0) is 39.8 Å². The lowest BCUT2D eigenvalue weighted by atomic mass is 10.1. The van der Waals surface area contributed by atoms with Gasteiger partial charge in [0.1, 0.15) is 17.0 Å². The molecular formula is C25H27N3O4S. The Morgan fingerprint density at radius 3 is 2.36 bits per heavy atom. The molecule has 0 bridgehead atoms. The highest BCUT2D eigenvalue weighted by Gasteiger charge is 2.45. The summed E-state index contributed by atoms with van der Waals surface area (Å²) in [6, 6.07) is 16.7. The second kappa shape index (κ2) is 8.94. The fourth-order valence-electron chi connectivity index (χ4n) is 3.69. The van der Waals surface area contributed by atoms with Crippen LogP contribution in [0.2, 0.25) is 0 Å². The molecule has 0 spiro atoms. The first kappa shape index (κ1) is 22.9. The van der Waals surface area contributed by atoms with Gasteiger partial charge in [-0.15, -0.1) is 11.8 Å². The number of thioether (sulfide) groups is 1. The Hall–Kier alpha value is -3.26. The second-order valence-electron chi connectivity index (χ2n) is 9.01. The first-order valence-corrected chi connectivity index (χ1v) is 11.8. The van der Waals surface area contributed by atoms with Gasteiger partial charge in [-0.2, -0.15) is 5.10 Å².